The maximum absolute atomic E-state index is 12.6. The molecule has 0 aromatic carbocycles. The van der Waals surface area contributed by atoms with E-state index in [-0.39, 0.29) is 5.91 Å². The third-order valence-corrected chi connectivity index (χ3v) is 5.93. The van der Waals surface area contributed by atoms with Gasteiger partial charge in [-0.05, 0) is 60.5 Å². The van der Waals surface area contributed by atoms with Gasteiger partial charge in [0.25, 0.3) is 0 Å². The fourth-order valence-corrected chi connectivity index (χ4v) is 4.34. The topological polar surface area (TPSA) is 49.3 Å². The lowest BCUT2D eigenvalue weighted by Crippen LogP contribution is -2.44. The van der Waals surface area contributed by atoms with Crippen molar-refractivity contribution in [1.29, 1.82) is 0 Å². The Balaban J connectivity index is 1.29. The van der Waals surface area contributed by atoms with Gasteiger partial charge in [-0.2, -0.15) is 0 Å². The molecule has 0 bridgehead atoms. The molecular formula is C21H26N4O. The van der Waals surface area contributed by atoms with Crippen molar-refractivity contribution in [3.05, 3.63) is 60.2 Å². The van der Waals surface area contributed by atoms with Crippen molar-refractivity contribution in [2.45, 2.75) is 32.2 Å². The second-order valence-corrected chi connectivity index (χ2v) is 7.73. The number of pyridine rings is 2. The molecular weight excluding hydrogens is 324 g/mol. The van der Waals surface area contributed by atoms with Gasteiger partial charge in [-0.3, -0.25) is 19.7 Å². The van der Waals surface area contributed by atoms with E-state index in [1.807, 2.05) is 29.4 Å². The lowest BCUT2D eigenvalue weighted by molar-refractivity contribution is -0.132. The average molecular weight is 350 g/mol. The van der Waals surface area contributed by atoms with E-state index in [0.29, 0.717) is 11.8 Å². The van der Waals surface area contributed by atoms with E-state index in [9.17, 15) is 4.79 Å². The van der Waals surface area contributed by atoms with Crippen LogP contribution in [0.25, 0.3) is 0 Å². The van der Waals surface area contributed by atoms with Gasteiger partial charge in [-0.25, -0.2) is 0 Å². The number of piperidine rings is 1. The first-order valence-corrected chi connectivity index (χ1v) is 9.50. The number of nitrogens with zero attached hydrogens (tertiary/aromatic N) is 4. The third-order valence-electron chi connectivity index (χ3n) is 5.93. The Morgan fingerprint density at radius 1 is 0.962 bits per heavy atom. The second-order valence-electron chi connectivity index (χ2n) is 7.73. The molecule has 0 N–H and O–H groups in total. The van der Waals surface area contributed by atoms with Gasteiger partial charge >= 0.3 is 0 Å². The average Bonchev–Trinajstić information content (AvgIpc) is 3.06. The second kappa shape index (κ2) is 7.54. The van der Waals surface area contributed by atoms with Crippen LogP contribution in [0.4, 0.5) is 0 Å². The highest BCUT2D eigenvalue weighted by atomic mass is 16.2. The molecule has 0 radical (unpaired) electrons. The standard InChI is InChI=1S/C21H26N4O/c26-20(14-19-2-1-8-23-15-19)25-12-6-21(7-13-25)5-11-24(17-21)16-18-3-9-22-10-4-18/h1-4,8-10,15H,5-7,11-14,16-17H2. The van der Waals surface area contributed by atoms with Gasteiger partial charge < -0.3 is 4.90 Å². The minimum Gasteiger partial charge on any atom is -0.342 e. The highest BCUT2D eigenvalue weighted by Gasteiger charge is 2.41. The Morgan fingerprint density at radius 2 is 1.73 bits per heavy atom. The highest BCUT2D eigenvalue weighted by Crippen LogP contribution is 2.40. The molecule has 2 aliphatic heterocycles. The number of carbonyl (C=O) groups is 1. The van der Waals surface area contributed by atoms with Crippen LogP contribution < -0.4 is 0 Å². The summed E-state index contributed by atoms with van der Waals surface area (Å²) in [6, 6.07) is 8.07. The quantitative estimate of drug-likeness (QED) is 0.850. The smallest absolute Gasteiger partial charge is 0.227 e. The zero-order valence-corrected chi connectivity index (χ0v) is 15.2. The van der Waals surface area contributed by atoms with Crippen molar-refractivity contribution in [2.75, 3.05) is 26.2 Å². The molecule has 0 atom stereocenters. The largest absolute Gasteiger partial charge is 0.342 e. The molecule has 5 heteroatoms. The third kappa shape index (κ3) is 3.93. The first kappa shape index (κ1) is 17.2. The minimum absolute atomic E-state index is 0.236. The predicted octanol–water partition coefficient (Wildman–Crippen LogP) is 2.53. The van der Waals surface area contributed by atoms with Crippen molar-refractivity contribution in [2.24, 2.45) is 5.41 Å². The van der Waals surface area contributed by atoms with E-state index in [1.54, 1.807) is 12.4 Å². The van der Waals surface area contributed by atoms with Gasteiger partial charge in [0.15, 0.2) is 0 Å². The molecule has 2 fully saturated rings. The molecule has 5 nitrogen and oxygen atoms in total. The zero-order chi connectivity index (χ0) is 17.8. The van der Waals surface area contributed by atoms with Crippen LogP contribution in [0.1, 0.15) is 30.4 Å². The van der Waals surface area contributed by atoms with Crippen molar-refractivity contribution >= 4 is 5.91 Å². The first-order chi connectivity index (χ1) is 12.7. The lowest BCUT2D eigenvalue weighted by atomic mass is 9.77. The summed E-state index contributed by atoms with van der Waals surface area (Å²) in [6.45, 7) is 5.10. The van der Waals surface area contributed by atoms with Gasteiger partial charge in [0.2, 0.25) is 5.91 Å². The van der Waals surface area contributed by atoms with E-state index in [0.717, 1.165) is 51.1 Å². The maximum atomic E-state index is 12.6. The fourth-order valence-electron chi connectivity index (χ4n) is 4.34. The van der Waals surface area contributed by atoms with Crippen LogP contribution in [0.2, 0.25) is 0 Å². The molecule has 4 rings (SSSR count). The van der Waals surface area contributed by atoms with E-state index < -0.39 is 0 Å². The van der Waals surface area contributed by atoms with Crippen LogP contribution in [-0.2, 0) is 17.8 Å². The molecule has 1 spiro atoms. The normalized spacial score (nSPS) is 19.8. The van der Waals surface area contributed by atoms with Crippen LogP contribution in [0.5, 0.6) is 0 Å². The summed E-state index contributed by atoms with van der Waals surface area (Å²) in [4.78, 5) is 25.4. The highest BCUT2D eigenvalue weighted by molar-refractivity contribution is 5.78. The summed E-state index contributed by atoms with van der Waals surface area (Å²) in [5, 5.41) is 0. The molecule has 2 aromatic rings. The number of hydrogen-bond acceptors (Lipinski definition) is 4. The van der Waals surface area contributed by atoms with Gasteiger partial charge in [0, 0.05) is 51.0 Å². The SMILES string of the molecule is O=C(Cc1cccnc1)N1CCC2(CCN(Cc3ccncc3)C2)CC1. The molecule has 2 saturated heterocycles. The summed E-state index contributed by atoms with van der Waals surface area (Å²) in [5.41, 5.74) is 2.74. The monoisotopic (exact) mass is 350 g/mol. The first-order valence-electron chi connectivity index (χ1n) is 9.50. The number of hydrogen-bond donors (Lipinski definition) is 0. The number of carbonyl (C=O) groups excluding carboxylic acids is 1. The summed E-state index contributed by atoms with van der Waals surface area (Å²) >= 11 is 0. The lowest BCUT2D eigenvalue weighted by Gasteiger charge is -2.39. The summed E-state index contributed by atoms with van der Waals surface area (Å²) in [7, 11) is 0. The molecule has 4 heterocycles. The van der Waals surface area contributed by atoms with Crippen LogP contribution in [0, 0.1) is 5.41 Å². The van der Waals surface area contributed by atoms with Gasteiger partial charge in [0.1, 0.15) is 0 Å². The minimum atomic E-state index is 0.236. The van der Waals surface area contributed by atoms with Crippen molar-refractivity contribution in [1.82, 2.24) is 19.8 Å². The molecule has 0 unspecified atom stereocenters. The molecule has 2 aromatic heterocycles. The van der Waals surface area contributed by atoms with Crippen molar-refractivity contribution < 1.29 is 4.79 Å². The molecule has 2 aliphatic rings. The number of amides is 1. The molecule has 26 heavy (non-hydrogen) atoms. The zero-order valence-electron chi connectivity index (χ0n) is 15.2. The van der Waals surface area contributed by atoms with E-state index in [1.165, 1.54) is 12.0 Å². The number of likely N-dealkylation sites (tertiary alicyclic amines) is 2. The summed E-state index contributed by atoms with van der Waals surface area (Å²) in [6.07, 6.45) is 11.2. The van der Waals surface area contributed by atoms with E-state index >= 15 is 0 Å². The molecule has 0 saturated carbocycles. The van der Waals surface area contributed by atoms with Crippen LogP contribution in [0.3, 0.4) is 0 Å². The Kier molecular flexibility index (Phi) is 4.98. The van der Waals surface area contributed by atoms with Crippen LogP contribution >= 0.6 is 0 Å². The Bertz CT molecular complexity index is 726. The summed E-state index contributed by atoms with van der Waals surface area (Å²) < 4.78 is 0. The van der Waals surface area contributed by atoms with Gasteiger partial charge in [-0.15, -0.1) is 0 Å². The Morgan fingerprint density at radius 3 is 2.46 bits per heavy atom. The van der Waals surface area contributed by atoms with E-state index in [4.69, 9.17) is 0 Å². The number of aromatic nitrogens is 2. The van der Waals surface area contributed by atoms with Crippen LogP contribution in [0.15, 0.2) is 49.1 Å². The van der Waals surface area contributed by atoms with Gasteiger partial charge in [-0.1, -0.05) is 6.07 Å². The summed E-state index contributed by atoms with van der Waals surface area (Å²) in [5.74, 6) is 0.236. The fraction of sp³-hybridized carbons (Fsp3) is 0.476. The van der Waals surface area contributed by atoms with Crippen molar-refractivity contribution in [3.8, 4) is 0 Å². The Labute approximate surface area is 155 Å². The van der Waals surface area contributed by atoms with Crippen molar-refractivity contribution in [3.63, 3.8) is 0 Å². The molecule has 136 valence electrons. The van der Waals surface area contributed by atoms with Gasteiger partial charge in [0.05, 0.1) is 6.42 Å². The maximum Gasteiger partial charge on any atom is 0.227 e. The van der Waals surface area contributed by atoms with Crippen LogP contribution in [-0.4, -0.2) is 51.9 Å². The molecule has 0 aliphatic carbocycles. The number of rotatable bonds is 4. The Hall–Kier alpha value is -2.27. The predicted molar refractivity (Wildman–Crippen MR) is 100 cm³/mol. The molecule has 1 amide bonds. The van der Waals surface area contributed by atoms with E-state index in [2.05, 4.69) is 27.0 Å².